The zero-order valence-electron chi connectivity index (χ0n) is 12.1. The van der Waals surface area contributed by atoms with E-state index in [2.05, 4.69) is 13.8 Å². The normalized spacial score (nSPS) is 60.5. The third-order valence-electron chi connectivity index (χ3n) is 5.97. The van der Waals surface area contributed by atoms with E-state index in [4.69, 9.17) is 19.2 Å². The minimum Gasteiger partial charge on any atom is -0.349 e. The number of hydrogen-bond donors (Lipinski definition) is 0. The fraction of sp³-hybridized carbons (Fsp3) is 1.00. The predicted molar refractivity (Wildman–Crippen MR) is 67.9 cm³/mol. The Morgan fingerprint density at radius 2 is 1.74 bits per heavy atom. The molecule has 4 heteroatoms. The quantitative estimate of drug-likeness (QED) is 0.633. The summed E-state index contributed by atoms with van der Waals surface area (Å²) in [4.78, 5) is 11.7. The molecular formula is C15H24O4. The van der Waals surface area contributed by atoms with E-state index < -0.39 is 5.79 Å². The molecule has 5 rings (SSSR count). The van der Waals surface area contributed by atoms with E-state index in [0.29, 0.717) is 23.7 Å². The lowest BCUT2D eigenvalue weighted by molar-refractivity contribution is -0.566. The van der Waals surface area contributed by atoms with Crippen molar-refractivity contribution < 1.29 is 19.2 Å². The molecule has 5 aliphatic rings. The lowest BCUT2D eigenvalue weighted by atomic mass is 9.58. The highest BCUT2D eigenvalue weighted by Crippen LogP contribution is 2.59. The third-order valence-corrected chi connectivity index (χ3v) is 5.97. The molecule has 4 saturated heterocycles. The van der Waals surface area contributed by atoms with Crippen molar-refractivity contribution in [3.05, 3.63) is 0 Å². The minimum absolute atomic E-state index is 0.248. The van der Waals surface area contributed by atoms with Crippen LogP contribution in [0.5, 0.6) is 0 Å². The van der Waals surface area contributed by atoms with Crippen molar-refractivity contribution in [2.75, 3.05) is 6.61 Å². The number of rotatable bonds is 0. The molecule has 0 N–H and O–H groups in total. The van der Waals surface area contributed by atoms with E-state index in [1.165, 1.54) is 12.8 Å². The Bertz CT molecular complexity index is 386. The highest BCUT2D eigenvalue weighted by Gasteiger charge is 2.67. The second kappa shape index (κ2) is 3.94. The van der Waals surface area contributed by atoms with Crippen molar-refractivity contribution in [1.29, 1.82) is 0 Å². The summed E-state index contributed by atoms with van der Waals surface area (Å²) in [6.07, 6.45) is 4.24. The lowest BCUT2D eigenvalue weighted by Crippen LogP contribution is -2.68. The van der Waals surface area contributed by atoms with E-state index in [1.54, 1.807) is 0 Å². The molecule has 0 aromatic heterocycles. The van der Waals surface area contributed by atoms with Crippen molar-refractivity contribution in [1.82, 2.24) is 0 Å². The van der Waals surface area contributed by atoms with Gasteiger partial charge in [0.05, 0.1) is 6.61 Å². The van der Waals surface area contributed by atoms with E-state index in [1.807, 2.05) is 6.92 Å². The van der Waals surface area contributed by atoms with Crippen LogP contribution in [0.25, 0.3) is 0 Å². The molecule has 5 fully saturated rings. The Labute approximate surface area is 114 Å². The van der Waals surface area contributed by atoms with Gasteiger partial charge in [0.1, 0.15) is 0 Å². The summed E-state index contributed by atoms with van der Waals surface area (Å²) in [6, 6.07) is 0. The molecule has 1 aliphatic carbocycles. The standard InChI is InChI=1S/C15H24O4/c1-9-4-5-11-10(2)8-16-13-15(11)12(9)6-7-14(3,17-13)18-19-15/h9-13H,4-8H2,1-3H3/t9-,10+,11-,12+,13-,14-,15+/m1/s1. The van der Waals surface area contributed by atoms with Crippen LogP contribution in [-0.4, -0.2) is 24.3 Å². The Kier molecular flexibility index (Phi) is 2.61. The number of fused-ring (bicyclic) bond motifs is 2. The second-order valence-electron chi connectivity index (χ2n) is 7.22. The van der Waals surface area contributed by atoms with Gasteiger partial charge < -0.3 is 9.47 Å². The zero-order valence-corrected chi connectivity index (χ0v) is 12.1. The van der Waals surface area contributed by atoms with Crippen LogP contribution in [0, 0.1) is 23.7 Å². The molecule has 1 spiro atoms. The molecule has 0 unspecified atom stereocenters. The highest BCUT2D eigenvalue weighted by atomic mass is 17.3. The molecule has 19 heavy (non-hydrogen) atoms. The average molecular weight is 268 g/mol. The van der Waals surface area contributed by atoms with Gasteiger partial charge in [0.15, 0.2) is 11.9 Å². The first-order valence-electron chi connectivity index (χ1n) is 7.71. The summed E-state index contributed by atoms with van der Waals surface area (Å²) < 4.78 is 12.2. The summed E-state index contributed by atoms with van der Waals surface area (Å²) in [5, 5.41) is 0. The Hall–Kier alpha value is -0.160. The van der Waals surface area contributed by atoms with Crippen LogP contribution in [-0.2, 0) is 19.2 Å². The Morgan fingerprint density at radius 3 is 2.58 bits per heavy atom. The zero-order chi connectivity index (χ0) is 13.3. The van der Waals surface area contributed by atoms with Gasteiger partial charge in [0, 0.05) is 12.3 Å². The van der Waals surface area contributed by atoms with Crippen molar-refractivity contribution in [2.24, 2.45) is 23.7 Å². The van der Waals surface area contributed by atoms with Gasteiger partial charge in [-0.05, 0) is 43.9 Å². The molecule has 0 aromatic carbocycles. The fourth-order valence-corrected chi connectivity index (χ4v) is 4.88. The van der Waals surface area contributed by atoms with Crippen LogP contribution in [0.2, 0.25) is 0 Å². The molecule has 4 heterocycles. The first-order valence-corrected chi connectivity index (χ1v) is 7.71. The van der Waals surface area contributed by atoms with Crippen LogP contribution in [0.3, 0.4) is 0 Å². The summed E-state index contributed by atoms with van der Waals surface area (Å²) >= 11 is 0. The molecule has 0 aromatic rings. The summed E-state index contributed by atoms with van der Waals surface area (Å²) in [6.45, 7) is 7.36. The first-order chi connectivity index (χ1) is 9.05. The fourth-order valence-electron chi connectivity index (χ4n) is 4.88. The van der Waals surface area contributed by atoms with Gasteiger partial charge in [-0.2, -0.15) is 0 Å². The summed E-state index contributed by atoms with van der Waals surface area (Å²) in [5.41, 5.74) is -0.370. The van der Waals surface area contributed by atoms with Gasteiger partial charge in [-0.25, -0.2) is 9.78 Å². The van der Waals surface area contributed by atoms with Gasteiger partial charge in [0.25, 0.3) is 0 Å². The first kappa shape index (κ1) is 12.6. The van der Waals surface area contributed by atoms with Crippen LogP contribution < -0.4 is 0 Å². The Morgan fingerprint density at radius 1 is 0.947 bits per heavy atom. The lowest BCUT2D eigenvalue weighted by Gasteiger charge is -2.58. The van der Waals surface area contributed by atoms with Gasteiger partial charge in [0.2, 0.25) is 5.79 Å². The third kappa shape index (κ3) is 1.54. The largest absolute Gasteiger partial charge is 0.349 e. The topological polar surface area (TPSA) is 36.9 Å². The average Bonchev–Trinajstić information content (AvgIpc) is 2.61. The van der Waals surface area contributed by atoms with Crippen LogP contribution in [0.1, 0.15) is 46.5 Å². The van der Waals surface area contributed by atoms with Crippen LogP contribution in [0.4, 0.5) is 0 Å². The monoisotopic (exact) mass is 268 g/mol. The molecule has 2 bridgehead atoms. The van der Waals surface area contributed by atoms with Crippen molar-refractivity contribution >= 4 is 0 Å². The van der Waals surface area contributed by atoms with E-state index >= 15 is 0 Å². The van der Waals surface area contributed by atoms with E-state index in [-0.39, 0.29) is 11.9 Å². The number of ether oxygens (including phenoxy) is 2. The highest BCUT2D eigenvalue weighted by molar-refractivity contribution is 5.08. The maximum atomic E-state index is 6.16. The maximum absolute atomic E-state index is 6.16. The molecule has 0 amide bonds. The molecule has 108 valence electrons. The van der Waals surface area contributed by atoms with Crippen molar-refractivity contribution in [3.63, 3.8) is 0 Å². The predicted octanol–water partition coefficient (Wildman–Crippen LogP) is 2.87. The van der Waals surface area contributed by atoms with Crippen LogP contribution >= 0.6 is 0 Å². The SMILES string of the molecule is C[C@@H]1CC[C@@H]2[C@@H](C)CO[C@@H]3O[C@@]4(C)CC[C@@H]1[C@]32OO4. The maximum Gasteiger partial charge on any atom is 0.201 e. The van der Waals surface area contributed by atoms with Crippen molar-refractivity contribution in [2.45, 2.75) is 64.1 Å². The van der Waals surface area contributed by atoms with Gasteiger partial charge in [-0.1, -0.05) is 13.8 Å². The van der Waals surface area contributed by atoms with Gasteiger partial charge in [-0.15, -0.1) is 0 Å². The number of hydrogen-bond acceptors (Lipinski definition) is 4. The summed E-state index contributed by atoms with van der Waals surface area (Å²) in [7, 11) is 0. The van der Waals surface area contributed by atoms with Crippen molar-refractivity contribution in [3.8, 4) is 0 Å². The molecule has 0 radical (unpaired) electrons. The smallest absolute Gasteiger partial charge is 0.201 e. The van der Waals surface area contributed by atoms with E-state index in [9.17, 15) is 0 Å². The molecule has 1 saturated carbocycles. The van der Waals surface area contributed by atoms with E-state index in [0.717, 1.165) is 19.4 Å². The van der Waals surface area contributed by atoms with Gasteiger partial charge in [-0.3, -0.25) is 0 Å². The van der Waals surface area contributed by atoms with Gasteiger partial charge >= 0.3 is 0 Å². The molecule has 7 atom stereocenters. The second-order valence-corrected chi connectivity index (χ2v) is 7.22. The summed E-state index contributed by atoms with van der Waals surface area (Å²) in [5.74, 6) is 1.53. The molecule has 4 nitrogen and oxygen atoms in total. The van der Waals surface area contributed by atoms with Crippen LogP contribution in [0.15, 0.2) is 0 Å². The Balaban J connectivity index is 1.81. The molecular weight excluding hydrogens is 244 g/mol. The minimum atomic E-state index is -0.627. The molecule has 4 aliphatic heterocycles.